The van der Waals surface area contributed by atoms with Gasteiger partial charge >= 0.3 is 0 Å². The Morgan fingerprint density at radius 1 is 1.26 bits per heavy atom. The van der Waals surface area contributed by atoms with E-state index >= 15 is 0 Å². The molecule has 19 heavy (non-hydrogen) atoms. The summed E-state index contributed by atoms with van der Waals surface area (Å²) in [5.41, 5.74) is 0. The quantitative estimate of drug-likeness (QED) is 0.786. The van der Waals surface area contributed by atoms with Gasteiger partial charge < -0.3 is 5.32 Å². The third-order valence-corrected chi connectivity index (χ3v) is 4.18. The number of nitrogens with zero attached hydrogens (tertiary/aromatic N) is 3. The van der Waals surface area contributed by atoms with Gasteiger partial charge in [-0.1, -0.05) is 13.8 Å². The standard InChI is InChI=1S/C13H18N4S2/c1-3-5-10-16-11(14-6-4-2)9-12(17-10)19-13-15-7-8-18-13/h7-9H,3-6H2,1-2H3,(H,14,16,17). The molecule has 0 saturated heterocycles. The summed E-state index contributed by atoms with van der Waals surface area (Å²) < 4.78 is 1.02. The van der Waals surface area contributed by atoms with Crippen molar-refractivity contribution in [3.8, 4) is 0 Å². The molecule has 0 radical (unpaired) electrons. The molecule has 0 aromatic carbocycles. The highest BCUT2D eigenvalue weighted by atomic mass is 32.2. The van der Waals surface area contributed by atoms with Crippen LogP contribution < -0.4 is 5.32 Å². The maximum absolute atomic E-state index is 4.58. The average Bonchev–Trinajstić information content (AvgIpc) is 2.89. The van der Waals surface area contributed by atoms with Crippen LogP contribution in [0.4, 0.5) is 5.82 Å². The van der Waals surface area contributed by atoms with E-state index in [1.807, 2.05) is 17.6 Å². The first-order valence-electron chi connectivity index (χ1n) is 6.51. The highest BCUT2D eigenvalue weighted by Gasteiger charge is 2.07. The van der Waals surface area contributed by atoms with E-state index in [0.29, 0.717) is 0 Å². The zero-order valence-electron chi connectivity index (χ0n) is 11.2. The smallest absolute Gasteiger partial charge is 0.156 e. The molecule has 0 aliphatic carbocycles. The zero-order valence-corrected chi connectivity index (χ0v) is 12.9. The fourth-order valence-electron chi connectivity index (χ4n) is 1.55. The minimum atomic E-state index is 0.905. The molecule has 0 bridgehead atoms. The van der Waals surface area contributed by atoms with Crippen molar-refractivity contribution in [1.29, 1.82) is 0 Å². The molecule has 2 aromatic heterocycles. The lowest BCUT2D eigenvalue weighted by Gasteiger charge is -2.08. The fraction of sp³-hybridized carbons (Fsp3) is 0.462. The van der Waals surface area contributed by atoms with Crippen LogP contribution in [0.3, 0.4) is 0 Å². The van der Waals surface area contributed by atoms with Crippen molar-refractivity contribution in [2.45, 2.75) is 42.5 Å². The van der Waals surface area contributed by atoms with E-state index < -0.39 is 0 Å². The highest BCUT2D eigenvalue weighted by molar-refractivity contribution is 8.01. The predicted octanol–water partition coefficient (Wildman–Crippen LogP) is 3.86. The summed E-state index contributed by atoms with van der Waals surface area (Å²) in [6.45, 7) is 5.22. The van der Waals surface area contributed by atoms with Gasteiger partial charge in [0, 0.05) is 30.6 Å². The molecule has 6 heteroatoms. The Morgan fingerprint density at radius 3 is 2.84 bits per heavy atom. The normalized spacial score (nSPS) is 10.6. The maximum Gasteiger partial charge on any atom is 0.156 e. The van der Waals surface area contributed by atoms with Gasteiger partial charge in [-0.25, -0.2) is 15.0 Å². The summed E-state index contributed by atoms with van der Waals surface area (Å²) in [4.78, 5) is 13.4. The fourth-order valence-corrected chi connectivity index (χ4v) is 3.14. The number of aromatic nitrogens is 3. The number of nitrogens with one attached hydrogen (secondary N) is 1. The summed E-state index contributed by atoms with van der Waals surface area (Å²) >= 11 is 3.23. The van der Waals surface area contributed by atoms with Gasteiger partial charge in [-0.15, -0.1) is 11.3 Å². The van der Waals surface area contributed by atoms with Crippen molar-refractivity contribution >= 4 is 28.9 Å². The van der Waals surface area contributed by atoms with Crippen LogP contribution in [-0.4, -0.2) is 21.5 Å². The van der Waals surface area contributed by atoms with E-state index in [0.717, 1.165) is 46.8 Å². The summed E-state index contributed by atoms with van der Waals surface area (Å²) in [7, 11) is 0. The number of hydrogen-bond donors (Lipinski definition) is 1. The molecule has 0 unspecified atom stereocenters. The summed E-state index contributed by atoms with van der Waals surface area (Å²) in [6, 6.07) is 2.00. The molecule has 2 rings (SSSR count). The molecule has 102 valence electrons. The van der Waals surface area contributed by atoms with Crippen LogP contribution in [0.1, 0.15) is 32.5 Å². The Labute approximate surface area is 122 Å². The van der Waals surface area contributed by atoms with Gasteiger partial charge in [-0.2, -0.15) is 0 Å². The third-order valence-electron chi connectivity index (χ3n) is 2.38. The van der Waals surface area contributed by atoms with E-state index in [9.17, 15) is 0 Å². The van der Waals surface area contributed by atoms with Gasteiger partial charge in [0.2, 0.25) is 0 Å². The Hall–Kier alpha value is -1.14. The van der Waals surface area contributed by atoms with Crippen LogP contribution in [0.2, 0.25) is 0 Å². The number of aryl methyl sites for hydroxylation is 1. The highest BCUT2D eigenvalue weighted by Crippen LogP contribution is 2.29. The lowest BCUT2D eigenvalue weighted by atomic mass is 10.3. The van der Waals surface area contributed by atoms with Gasteiger partial charge in [-0.3, -0.25) is 0 Å². The van der Waals surface area contributed by atoms with Gasteiger partial charge in [0.05, 0.1) is 0 Å². The molecule has 0 fully saturated rings. The van der Waals surface area contributed by atoms with Crippen LogP contribution in [0, 0.1) is 0 Å². The molecular formula is C13H18N4S2. The van der Waals surface area contributed by atoms with E-state index in [-0.39, 0.29) is 0 Å². The zero-order chi connectivity index (χ0) is 13.5. The number of thiazole rings is 1. The largest absolute Gasteiger partial charge is 0.370 e. The molecule has 0 saturated carbocycles. The van der Waals surface area contributed by atoms with Gasteiger partial charge in [0.1, 0.15) is 16.7 Å². The van der Waals surface area contributed by atoms with Gasteiger partial charge in [0.15, 0.2) is 4.34 Å². The van der Waals surface area contributed by atoms with Crippen LogP contribution in [0.15, 0.2) is 27.0 Å². The van der Waals surface area contributed by atoms with Crippen LogP contribution >= 0.6 is 23.1 Å². The SMILES string of the molecule is CCCNc1cc(Sc2nccs2)nc(CCC)n1. The number of rotatable bonds is 7. The first kappa shape index (κ1) is 14.3. The van der Waals surface area contributed by atoms with E-state index in [4.69, 9.17) is 0 Å². The Kier molecular flexibility index (Phi) is 5.60. The molecule has 2 aromatic rings. The van der Waals surface area contributed by atoms with Crippen molar-refractivity contribution in [3.05, 3.63) is 23.5 Å². The predicted molar refractivity (Wildman–Crippen MR) is 81.0 cm³/mol. The van der Waals surface area contributed by atoms with E-state index in [2.05, 4.69) is 34.1 Å². The summed E-state index contributed by atoms with van der Waals surface area (Å²) in [5, 5.41) is 6.28. The van der Waals surface area contributed by atoms with Crippen molar-refractivity contribution in [2.24, 2.45) is 0 Å². The molecule has 4 nitrogen and oxygen atoms in total. The topological polar surface area (TPSA) is 50.7 Å². The van der Waals surface area contributed by atoms with Gasteiger partial charge in [0.25, 0.3) is 0 Å². The first-order valence-corrected chi connectivity index (χ1v) is 8.20. The summed E-state index contributed by atoms with van der Waals surface area (Å²) in [6.07, 6.45) is 4.87. The second kappa shape index (κ2) is 7.45. The van der Waals surface area contributed by atoms with Crippen molar-refractivity contribution < 1.29 is 0 Å². The Morgan fingerprint density at radius 2 is 2.16 bits per heavy atom. The van der Waals surface area contributed by atoms with Crippen molar-refractivity contribution in [1.82, 2.24) is 15.0 Å². The molecular weight excluding hydrogens is 276 g/mol. The Bertz CT molecular complexity index is 499. The van der Waals surface area contributed by atoms with Crippen LogP contribution in [-0.2, 0) is 6.42 Å². The van der Waals surface area contributed by atoms with Gasteiger partial charge in [-0.05, 0) is 24.6 Å². The minimum Gasteiger partial charge on any atom is -0.370 e. The lowest BCUT2D eigenvalue weighted by Crippen LogP contribution is -2.05. The third kappa shape index (κ3) is 4.47. The molecule has 0 aliphatic rings. The van der Waals surface area contributed by atoms with E-state index in [1.54, 1.807) is 23.1 Å². The van der Waals surface area contributed by atoms with E-state index in [1.165, 1.54) is 0 Å². The summed E-state index contributed by atoms with van der Waals surface area (Å²) in [5.74, 6) is 1.82. The second-order valence-electron chi connectivity index (χ2n) is 4.08. The Balaban J connectivity index is 2.17. The molecule has 0 atom stereocenters. The molecule has 1 N–H and O–H groups in total. The van der Waals surface area contributed by atoms with Crippen LogP contribution in [0.5, 0.6) is 0 Å². The minimum absolute atomic E-state index is 0.905. The molecule has 0 spiro atoms. The number of hydrogen-bond acceptors (Lipinski definition) is 6. The molecule has 2 heterocycles. The monoisotopic (exact) mass is 294 g/mol. The average molecular weight is 294 g/mol. The first-order chi connectivity index (χ1) is 9.31. The number of anilines is 1. The van der Waals surface area contributed by atoms with Crippen molar-refractivity contribution in [2.75, 3.05) is 11.9 Å². The lowest BCUT2D eigenvalue weighted by molar-refractivity contribution is 0.807. The molecule has 0 aliphatic heterocycles. The molecule has 0 amide bonds. The second-order valence-corrected chi connectivity index (χ2v) is 6.25. The van der Waals surface area contributed by atoms with Crippen molar-refractivity contribution in [3.63, 3.8) is 0 Å². The van der Waals surface area contributed by atoms with Crippen LogP contribution in [0.25, 0.3) is 0 Å². The maximum atomic E-state index is 4.58.